The summed E-state index contributed by atoms with van der Waals surface area (Å²) in [5.74, 6) is 1.40. The molecule has 1 aliphatic rings. The number of hydrogen-bond donors (Lipinski definition) is 1. The van der Waals surface area contributed by atoms with E-state index < -0.39 is 0 Å². The summed E-state index contributed by atoms with van der Waals surface area (Å²) in [6.07, 6.45) is 5.65. The minimum absolute atomic E-state index is 0.0232. The van der Waals surface area contributed by atoms with Crippen molar-refractivity contribution in [2.75, 3.05) is 0 Å². The molecule has 0 saturated heterocycles. The van der Waals surface area contributed by atoms with Crippen molar-refractivity contribution in [1.82, 2.24) is 9.97 Å². The first-order chi connectivity index (χ1) is 14.7. The normalized spacial score (nSPS) is 13.8. The summed E-state index contributed by atoms with van der Waals surface area (Å²) < 4.78 is 6.93. The highest BCUT2D eigenvalue weighted by molar-refractivity contribution is 9.10. The van der Waals surface area contributed by atoms with Crippen molar-refractivity contribution in [2.24, 2.45) is 0 Å². The molecule has 0 atom stereocenters. The van der Waals surface area contributed by atoms with Crippen LogP contribution in [0.3, 0.4) is 0 Å². The van der Waals surface area contributed by atoms with Gasteiger partial charge in [0.1, 0.15) is 23.0 Å². The quantitative estimate of drug-likeness (QED) is 0.350. The van der Waals surface area contributed by atoms with Gasteiger partial charge in [-0.2, -0.15) is 0 Å². The lowest BCUT2D eigenvalue weighted by molar-refractivity contribution is 0.306. The van der Waals surface area contributed by atoms with Crippen LogP contribution >= 0.6 is 27.3 Å². The zero-order valence-electron chi connectivity index (χ0n) is 16.4. The summed E-state index contributed by atoms with van der Waals surface area (Å²) in [4.78, 5) is 22.8. The lowest BCUT2D eigenvalue weighted by Gasteiger charge is -2.08. The van der Waals surface area contributed by atoms with Gasteiger partial charge in [-0.25, -0.2) is 4.98 Å². The molecule has 2 aromatic carbocycles. The van der Waals surface area contributed by atoms with Crippen molar-refractivity contribution < 1.29 is 4.74 Å². The first-order valence-corrected chi connectivity index (χ1v) is 11.8. The second-order valence-corrected chi connectivity index (χ2v) is 9.60. The summed E-state index contributed by atoms with van der Waals surface area (Å²) >= 11 is 5.13. The highest BCUT2D eigenvalue weighted by atomic mass is 79.9. The Kier molecular flexibility index (Phi) is 5.44. The third kappa shape index (κ3) is 3.94. The predicted octanol–water partition coefficient (Wildman–Crippen LogP) is 6.26. The first-order valence-electron chi connectivity index (χ1n) is 10.2. The topological polar surface area (TPSA) is 55.0 Å². The number of aromatic amines is 1. The largest absolute Gasteiger partial charge is 0.489 e. The monoisotopic (exact) mass is 480 g/mol. The summed E-state index contributed by atoms with van der Waals surface area (Å²) in [6, 6.07) is 15.8. The van der Waals surface area contributed by atoms with E-state index in [2.05, 4.69) is 20.9 Å². The predicted molar refractivity (Wildman–Crippen MR) is 125 cm³/mol. The van der Waals surface area contributed by atoms with Gasteiger partial charge in [-0.3, -0.25) is 4.79 Å². The molecule has 1 N–H and O–H groups in total. The Hall–Kier alpha value is -2.44. The summed E-state index contributed by atoms with van der Waals surface area (Å²) in [7, 11) is 0. The highest BCUT2D eigenvalue weighted by Crippen LogP contribution is 2.33. The van der Waals surface area contributed by atoms with E-state index in [9.17, 15) is 4.79 Å². The molecule has 0 saturated carbocycles. The van der Waals surface area contributed by atoms with Crippen LogP contribution in [0.15, 0.2) is 57.8 Å². The number of thiophene rings is 1. The Balaban J connectivity index is 1.38. The molecule has 0 amide bonds. The van der Waals surface area contributed by atoms with Crippen LogP contribution in [-0.2, 0) is 19.4 Å². The van der Waals surface area contributed by atoms with E-state index in [1.54, 1.807) is 11.3 Å². The molecule has 0 spiro atoms. The van der Waals surface area contributed by atoms with Gasteiger partial charge in [0, 0.05) is 14.9 Å². The molecule has 5 rings (SSSR count). The fourth-order valence-corrected chi connectivity index (χ4v) is 5.46. The van der Waals surface area contributed by atoms with E-state index >= 15 is 0 Å². The van der Waals surface area contributed by atoms with Crippen molar-refractivity contribution >= 4 is 37.5 Å². The Morgan fingerprint density at radius 2 is 1.77 bits per heavy atom. The minimum Gasteiger partial charge on any atom is -0.489 e. The number of nitrogens with one attached hydrogen (secondary N) is 1. The van der Waals surface area contributed by atoms with E-state index in [0.29, 0.717) is 12.4 Å². The van der Waals surface area contributed by atoms with Crippen LogP contribution in [0, 0.1) is 0 Å². The summed E-state index contributed by atoms with van der Waals surface area (Å²) in [5, 5.41) is 0.801. The molecule has 2 aromatic heterocycles. The van der Waals surface area contributed by atoms with Crippen LogP contribution in [0.1, 0.15) is 35.3 Å². The molecule has 152 valence electrons. The fraction of sp³-hybridized carbons (Fsp3) is 0.250. The zero-order chi connectivity index (χ0) is 20.5. The summed E-state index contributed by atoms with van der Waals surface area (Å²) in [5.41, 5.74) is 3.19. The van der Waals surface area contributed by atoms with E-state index in [4.69, 9.17) is 9.72 Å². The van der Waals surface area contributed by atoms with Gasteiger partial charge in [-0.1, -0.05) is 34.5 Å². The van der Waals surface area contributed by atoms with E-state index in [1.807, 2.05) is 48.5 Å². The molecule has 0 aliphatic heterocycles. The van der Waals surface area contributed by atoms with E-state index in [0.717, 1.165) is 50.8 Å². The van der Waals surface area contributed by atoms with Gasteiger partial charge in [0.2, 0.25) is 0 Å². The third-order valence-corrected chi connectivity index (χ3v) is 7.24. The van der Waals surface area contributed by atoms with Crippen LogP contribution < -0.4 is 10.3 Å². The summed E-state index contributed by atoms with van der Waals surface area (Å²) in [6.45, 7) is 0.508. The SMILES string of the molecule is O=c1[nH]c(-c2ccc(OCc3ccc(Br)cc3)cc2)nc2sc3c(c12)CCCCC3. The second-order valence-electron chi connectivity index (χ2n) is 7.60. The van der Waals surface area contributed by atoms with Crippen molar-refractivity contribution in [1.29, 1.82) is 0 Å². The number of aryl methyl sites for hydroxylation is 2. The number of halogens is 1. The number of hydrogen-bond acceptors (Lipinski definition) is 4. The number of fused-ring (bicyclic) bond motifs is 3. The standard InChI is InChI=1S/C24H21BrN2O2S/c25-17-10-6-15(7-11-17)14-29-18-12-8-16(9-13-18)22-26-23(28)21-19-4-2-1-3-5-20(19)30-24(21)27-22/h6-13H,1-5,14H2,(H,26,27,28). The Morgan fingerprint density at radius 3 is 2.57 bits per heavy atom. The molecule has 0 radical (unpaired) electrons. The molecule has 0 unspecified atom stereocenters. The Morgan fingerprint density at radius 1 is 1.00 bits per heavy atom. The molecule has 4 nitrogen and oxygen atoms in total. The molecule has 6 heteroatoms. The van der Waals surface area contributed by atoms with Crippen LogP contribution in [0.5, 0.6) is 5.75 Å². The number of ether oxygens (including phenoxy) is 1. The number of H-pyrrole nitrogens is 1. The molecule has 0 fully saturated rings. The van der Waals surface area contributed by atoms with Gasteiger partial charge >= 0.3 is 0 Å². The average molecular weight is 481 g/mol. The van der Waals surface area contributed by atoms with Gasteiger partial charge in [-0.05, 0) is 73.2 Å². The maximum Gasteiger partial charge on any atom is 0.260 e. The van der Waals surface area contributed by atoms with Crippen molar-refractivity contribution in [3.05, 3.63) is 79.4 Å². The van der Waals surface area contributed by atoms with Crippen LogP contribution in [0.25, 0.3) is 21.6 Å². The van der Waals surface area contributed by atoms with Crippen LogP contribution in [0.2, 0.25) is 0 Å². The van der Waals surface area contributed by atoms with Crippen LogP contribution in [-0.4, -0.2) is 9.97 Å². The lowest BCUT2D eigenvalue weighted by Crippen LogP contribution is -2.10. The van der Waals surface area contributed by atoms with Gasteiger partial charge < -0.3 is 9.72 Å². The lowest BCUT2D eigenvalue weighted by atomic mass is 10.1. The smallest absolute Gasteiger partial charge is 0.260 e. The highest BCUT2D eigenvalue weighted by Gasteiger charge is 2.19. The van der Waals surface area contributed by atoms with Crippen LogP contribution in [0.4, 0.5) is 0 Å². The molecule has 2 heterocycles. The fourth-order valence-electron chi connectivity index (χ4n) is 3.93. The molecular weight excluding hydrogens is 460 g/mol. The molecule has 30 heavy (non-hydrogen) atoms. The maximum absolute atomic E-state index is 12.9. The number of rotatable bonds is 4. The molecule has 4 aromatic rings. The third-order valence-electron chi connectivity index (χ3n) is 5.52. The van der Waals surface area contributed by atoms with E-state index in [-0.39, 0.29) is 5.56 Å². The van der Waals surface area contributed by atoms with Gasteiger partial charge in [-0.15, -0.1) is 11.3 Å². The molecular formula is C24H21BrN2O2S. The average Bonchev–Trinajstić information content (AvgIpc) is 2.96. The Bertz CT molecular complexity index is 1240. The molecule has 0 bridgehead atoms. The second kappa shape index (κ2) is 8.36. The molecule has 1 aliphatic carbocycles. The van der Waals surface area contributed by atoms with Gasteiger partial charge in [0.25, 0.3) is 5.56 Å². The first kappa shape index (κ1) is 19.5. The minimum atomic E-state index is -0.0232. The number of benzene rings is 2. The zero-order valence-corrected chi connectivity index (χ0v) is 18.8. The van der Waals surface area contributed by atoms with Gasteiger partial charge in [0.15, 0.2) is 0 Å². The maximum atomic E-state index is 12.9. The number of nitrogens with zero attached hydrogens (tertiary/aromatic N) is 1. The van der Waals surface area contributed by atoms with Gasteiger partial charge in [0.05, 0.1) is 5.39 Å². The van der Waals surface area contributed by atoms with E-state index in [1.165, 1.54) is 23.3 Å². The number of aromatic nitrogens is 2. The van der Waals surface area contributed by atoms with Crippen molar-refractivity contribution in [3.8, 4) is 17.1 Å². The Labute approximate surface area is 187 Å². The van der Waals surface area contributed by atoms with Crippen molar-refractivity contribution in [3.63, 3.8) is 0 Å². The van der Waals surface area contributed by atoms with Crippen molar-refractivity contribution in [2.45, 2.75) is 38.7 Å².